The van der Waals surface area contributed by atoms with Gasteiger partial charge in [-0.15, -0.1) is 0 Å². The Morgan fingerprint density at radius 2 is 2.11 bits per heavy atom. The van der Waals surface area contributed by atoms with Gasteiger partial charge in [0.2, 0.25) is 5.95 Å². The number of pyridine rings is 1. The molecule has 3 aromatic heterocycles. The van der Waals surface area contributed by atoms with Crippen LogP contribution in [0.4, 0.5) is 26.6 Å². The van der Waals surface area contributed by atoms with Gasteiger partial charge in [-0.05, 0) is 43.7 Å². The molecule has 1 fully saturated rings. The Labute approximate surface area is 204 Å². The number of halogens is 1. The van der Waals surface area contributed by atoms with Crippen LogP contribution in [-0.4, -0.2) is 50.1 Å². The average molecular weight is 490 g/mol. The van der Waals surface area contributed by atoms with Crippen molar-refractivity contribution in [1.29, 1.82) is 0 Å². The molecule has 1 aromatic carbocycles. The van der Waals surface area contributed by atoms with E-state index in [9.17, 15) is 14.0 Å². The molecular formula is C24H23FN8O3. The van der Waals surface area contributed by atoms with Crippen LogP contribution in [0.3, 0.4) is 0 Å². The van der Waals surface area contributed by atoms with Crippen LogP contribution in [0.1, 0.15) is 18.1 Å². The number of carbonyl (C=O) groups excluding carboxylic acids is 1. The highest BCUT2D eigenvalue weighted by molar-refractivity contribution is 5.88. The highest BCUT2D eigenvalue weighted by atomic mass is 19.1. The smallest absolute Gasteiger partial charge is 0.415 e. The Balaban J connectivity index is 1.43. The Bertz CT molecular complexity index is 1560. The number of amides is 1. The van der Waals surface area contributed by atoms with Crippen LogP contribution in [0.5, 0.6) is 0 Å². The molecule has 0 unspecified atom stereocenters. The van der Waals surface area contributed by atoms with E-state index in [4.69, 9.17) is 4.74 Å². The standard InChI is InChI=1S/C24H23FN8O3/c1-2-32-22(34)18-13-28-23(29-15-9-14-3-5-26-12-17(14)19(25)10-15)30-21(18)33(32)16-4-6-27-20(11-16)31-7-8-36-24(31)35/h4,6,9-11,13,26H,2-3,5,7-8,12H2,1H3,(H,28,29,30). The van der Waals surface area contributed by atoms with Gasteiger partial charge in [0, 0.05) is 42.8 Å². The molecule has 6 rings (SSSR count). The number of benzene rings is 1. The highest BCUT2D eigenvalue weighted by Gasteiger charge is 2.26. The van der Waals surface area contributed by atoms with Crippen LogP contribution in [0.2, 0.25) is 0 Å². The van der Waals surface area contributed by atoms with Gasteiger partial charge in [0.1, 0.15) is 23.6 Å². The topological polar surface area (TPSA) is 119 Å². The summed E-state index contributed by atoms with van der Waals surface area (Å²) in [6.45, 7) is 4.21. The molecule has 36 heavy (non-hydrogen) atoms. The summed E-state index contributed by atoms with van der Waals surface area (Å²) >= 11 is 0. The minimum absolute atomic E-state index is 0.232. The summed E-state index contributed by atoms with van der Waals surface area (Å²) in [5.74, 6) is 0.357. The number of anilines is 3. The lowest BCUT2D eigenvalue weighted by atomic mass is 10.00. The third-order valence-electron chi connectivity index (χ3n) is 6.40. The quantitative estimate of drug-likeness (QED) is 0.438. The first-order chi connectivity index (χ1) is 17.5. The molecule has 11 nitrogen and oxygen atoms in total. The van der Waals surface area contributed by atoms with E-state index >= 15 is 0 Å². The lowest BCUT2D eigenvalue weighted by Gasteiger charge is -2.19. The fraction of sp³-hybridized carbons (Fsp3) is 0.292. The monoisotopic (exact) mass is 490 g/mol. The normalized spacial score (nSPS) is 15.3. The largest absolute Gasteiger partial charge is 0.447 e. The first kappa shape index (κ1) is 22.2. The molecule has 184 valence electrons. The van der Waals surface area contributed by atoms with Gasteiger partial charge in [-0.1, -0.05) is 0 Å². The van der Waals surface area contributed by atoms with E-state index in [0.29, 0.717) is 60.0 Å². The van der Waals surface area contributed by atoms with Gasteiger partial charge in [0.05, 0.1) is 12.2 Å². The highest BCUT2D eigenvalue weighted by Crippen LogP contribution is 2.26. The van der Waals surface area contributed by atoms with Gasteiger partial charge >= 0.3 is 6.09 Å². The molecule has 0 spiro atoms. The van der Waals surface area contributed by atoms with E-state index in [1.54, 1.807) is 23.0 Å². The Morgan fingerprint density at radius 1 is 1.22 bits per heavy atom. The average Bonchev–Trinajstić information content (AvgIpc) is 3.44. The summed E-state index contributed by atoms with van der Waals surface area (Å²) < 4.78 is 22.9. The van der Waals surface area contributed by atoms with Crippen molar-refractivity contribution in [2.45, 2.75) is 26.4 Å². The zero-order valence-corrected chi connectivity index (χ0v) is 19.5. The Hall–Kier alpha value is -4.32. The van der Waals surface area contributed by atoms with Crippen molar-refractivity contribution in [3.05, 3.63) is 64.0 Å². The number of nitrogens with one attached hydrogen (secondary N) is 2. The molecule has 12 heteroatoms. The molecular weight excluding hydrogens is 467 g/mol. The minimum Gasteiger partial charge on any atom is -0.447 e. The van der Waals surface area contributed by atoms with Crippen LogP contribution >= 0.6 is 0 Å². The summed E-state index contributed by atoms with van der Waals surface area (Å²) in [4.78, 5) is 39.8. The number of carbonyl (C=O) groups is 1. The lowest BCUT2D eigenvalue weighted by molar-refractivity contribution is 0.181. The molecule has 0 saturated carbocycles. The maximum atomic E-state index is 14.7. The number of hydrogen-bond acceptors (Lipinski definition) is 8. The van der Waals surface area contributed by atoms with E-state index in [0.717, 1.165) is 18.5 Å². The van der Waals surface area contributed by atoms with E-state index in [1.807, 2.05) is 13.0 Å². The number of fused-ring (bicyclic) bond motifs is 2. The predicted octanol–water partition coefficient (Wildman–Crippen LogP) is 2.48. The summed E-state index contributed by atoms with van der Waals surface area (Å²) in [6, 6.07) is 6.77. The molecule has 2 aliphatic rings. The summed E-state index contributed by atoms with van der Waals surface area (Å²) in [6.07, 6.45) is 3.30. The van der Waals surface area contributed by atoms with E-state index in [-0.39, 0.29) is 17.3 Å². The van der Waals surface area contributed by atoms with Gasteiger partial charge in [0.25, 0.3) is 5.56 Å². The fourth-order valence-corrected chi connectivity index (χ4v) is 4.68. The van der Waals surface area contributed by atoms with Crippen LogP contribution in [0.25, 0.3) is 16.7 Å². The number of nitrogens with zero attached hydrogens (tertiary/aromatic N) is 6. The van der Waals surface area contributed by atoms with Gasteiger partial charge in [-0.25, -0.2) is 28.5 Å². The van der Waals surface area contributed by atoms with E-state index in [1.165, 1.54) is 21.8 Å². The van der Waals surface area contributed by atoms with Crippen molar-refractivity contribution in [1.82, 2.24) is 29.6 Å². The SMILES string of the molecule is CCn1c(=O)c2cnc(Nc3cc(F)c4c(c3)CCNC4)nc2n1-c1ccnc(N2CCOC2=O)c1. The first-order valence-electron chi connectivity index (χ1n) is 11.7. The Morgan fingerprint density at radius 3 is 2.92 bits per heavy atom. The fourth-order valence-electron chi connectivity index (χ4n) is 4.68. The van der Waals surface area contributed by atoms with Crippen molar-refractivity contribution in [2.24, 2.45) is 0 Å². The van der Waals surface area contributed by atoms with Crippen molar-refractivity contribution < 1.29 is 13.9 Å². The second-order valence-electron chi connectivity index (χ2n) is 8.55. The maximum absolute atomic E-state index is 14.7. The molecule has 0 radical (unpaired) electrons. The lowest BCUT2D eigenvalue weighted by Crippen LogP contribution is -2.25. The van der Waals surface area contributed by atoms with E-state index in [2.05, 4.69) is 25.6 Å². The second-order valence-corrected chi connectivity index (χ2v) is 8.55. The van der Waals surface area contributed by atoms with Gasteiger partial charge in [-0.2, -0.15) is 4.98 Å². The minimum atomic E-state index is -0.466. The number of rotatable bonds is 5. The molecule has 5 heterocycles. The zero-order valence-electron chi connectivity index (χ0n) is 19.5. The zero-order chi connectivity index (χ0) is 24.8. The van der Waals surface area contributed by atoms with Crippen LogP contribution < -0.4 is 21.1 Å². The number of ether oxygens (including phenoxy) is 1. The molecule has 0 aliphatic carbocycles. The van der Waals surface area contributed by atoms with Crippen LogP contribution in [0.15, 0.2) is 41.5 Å². The molecule has 2 aliphatic heterocycles. The number of hydrogen-bond donors (Lipinski definition) is 2. The molecule has 4 aromatic rings. The van der Waals surface area contributed by atoms with Crippen molar-refractivity contribution >= 4 is 34.6 Å². The van der Waals surface area contributed by atoms with E-state index < -0.39 is 6.09 Å². The van der Waals surface area contributed by atoms with Crippen molar-refractivity contribution in [2.75, 3.05) is 29.9 Å². The van der Waals surface area contributed by atoms with Crippen molar-refractivity contribution in [3.8, 4) is 5.69 Å². The molecule has 1 amide bonds. The number of aromatic nitrogens is 5. The predicted molar refractivity (Wildman–Crippen MR) is 130 cm³/mol. The summed E-state index contributed by atoms with van der Waals surface area (Å²) in [5.41, 5.74) is 2.89. The maximum Gasteiger partial charge on any atom is 0.415 e. The molecule has 2 N–H and O–H groups in total. The molecule has 1 saturated heterocycles. The third kappa shape index (κ3) is 3.66. The summed E-state index contributed by atoms with van der Waals surface area (Å²) in [7, 11) is 0. The number of cyclic esters (lactones) is 1. The van der Waals surface area contributed by atoms with Crippen molar-refractivity contribution in [3.63, 3.8) is 0 Å². The van der Waals surface area contributed by atoms with Gasteiger partial charge in [0.15, 0.2) is 5.65 Å². The second kappa shape index (κ2) is 8.72. The molecule has 0 atom stereocenters. The van der Waals surface area contributed by atoms with Crippen LogP contribution in [-0.2, 0) is 24.2 Å². The first-order valence-corrected chi connectivity index (χ1v) is 11.7. The summed E-state index contributed by atoms with van der Waals surface area (Å²) in [5, 5.41) is 6.60. The third-order valence-corrected chi connectivity index (χ3v) is 6.40. The Kier molecular flexibility index (Phi) is 5.37. The van der Waals surface area contributed by atoms with Crippen LogP contribution in [0, 0.1) is 5.82 Å². The molecule has 0 bridgehead atoms. The van der Waals surface area contributed by atoms with Gasteiger partial charge in [-0.3, -0.25) is 9.69 Å². The van der Waals surface area contributed by atoms with Gasteiger partial charge < -0.3 is 15.4 Å².